The van der Waals surface area contributed by atoms with Crippen LogP contribution in [0.5, 0.6) is 0 Å². The smallest absolute Gasteiger partial charge is 0.243 e. The molecule has 3 heterocycles. The van der Waals surface area contributed by atoms with E-state index in [0.717, 1.165) is 52.0 Å². The van der Waals surface area contributed by atoms with Crippen molar-refractivity contribution >= 4 is 97.8 Å². The lowest BCUT2D eigenvalue weighted by Crippen LogP contribution is -2.60. The van der Waals surface area contributed by atoms with E-state index in [1.807, 2.05) is 72.8 Å². The zero-order valence-corrected chi connectivity index (χ0v) is 56.3. The number of primary amides is 1. The number of nitrogens with two attached hydrogens (primary N) is 8. The predicted molar refractivity (Wildman–Crippen MR) is 383 cm³/mol. The van der Waals surface area contributed by atoms with E-state index in [0.29, 0.717) is 42.5 Å². The number of benzene rings is 3. The molecular formula is C69H103N21O8. The van der Waals surface area contributed by atoms with Crippen LogP contribution in [-0.4, -0.2) is 149 Å². The first-order chi connectivity index (χ1) is 47.2. The Morgan fingerprint density at radius 2 is 0.724 bits per heavy atom. The summed E-state index contributed by atoms with van der Waals surface area (Å²) >= 11 is 0. The molecule has 0 fully saturated rings. The van der Waals surface area contributed by atoms with Crippen LogP contribution >= 0.6 is 0 Å². The number of carbonyl (C=O) groups is 8. The standard InChI is InChI=1S/C69H103N21O8/c1-2-3-4-5-6-7-8-9-10-32-59(91)78-33-18-17-25-49(70)61(93)85-53(29-19-34-79-67(72)73)63(95)89-57(38-44-41-83-51-27-15-12-23-47(44)51)66(98)87-55(31-21-36-81-69(76)77)64(96)90-58(39-45-42-84-52-28-16-13-24-48(45)52)65(97)86-54(30-20-35-80-68(74)75)62(94)88-56(60(71)92)37-43-40-82-50-26-14-11-22-46(43)50/h11-16,22-24,26-28,40-42,49,53-58,82-84H,2-10,17-21,25,29-39,70H2,1H3,(H2,71,92)(H,78,91)(H,85,93)(H,86,97)(H,87,98)(H,88,94)(H,89,95)(H,90,96)(H4,72,73,79)(H4,74,75,80)(H4,76,77,81)/t49-,53-,54-,55-,56-,57-,58-/m0/s1. The number of aromatic amines is 3. The molecule has 0 aliphatic carbocycles. The molecule has 7 atom stereocenters. The fourth-order valence-electron chi connectivity index (χ4n) is 11.7. The van der Waals surface area contributed by atoms with Crippen LogP contribution < -0.4 is 83.1 Å². The molecule has 8 amide bonds. The Balaban J connectivity index is 1.23. The molecule has 98 heavy (non-hydrogen) atoms. The van der Waals surface area contributed by atoms with Crippen molar-refractivity contribution in [2.24, 2.45) is 60.8 Å². The van der Waals surface area contributed by atoms with Gasteiger partial charge in [-0.1, -0.05) is 113 Å². The number of aliphatic imine (C=N–C) groups is 3. The summed E-state index contributed by atoms with van der Waals surface area (Å²) in [4.78, 5) is 136. The molecule has 0 unspecified atom stereocenters. The molecule has 29 nitrogen and oxygen atoms in total. The van der Waals surface area contributed by atoms with E-state index in [-0.39, 0.29) is 108 Å². The Kier molecular flexibility index (Phi) is 32.2. The molecule has 0 bridgehead atoms. The second-order valence-corrected chi connectivity index (χ2v) is 24.8. The van der Waals surface area contributed by atoms with Gasteiger partial charge in [0.05, 0.1) is 6.04 Å². The van der Waals surface area contributed by atoms with Crippen molar-refractivity contribution in [1.29, 1.82) is 0 Å². The van der Waals surface area contributed by atoms with Crippen molar-refractivity contribution in [2.75, 3.05) is 26.2 Å². The maximum absolute atomic E-state index is 15.2. The zero-order chi connectivity index (χ0) is 70.8. The normalized spacial score (nSPS) is 13.4. The second kappa shape index (κ2) is 41.0. The Morgan fingerprint density at radius 3 is 1.11 bits per heavy atom. The van der Waals surface area contributed by atoms with E-state index in [1.54, 1.807) is 18.6 Å². The van der Waals surface area contributed by atoms with Gasteiger partial charge in [-0.2, -0.15) is 0 Å². The lowest BCUT2D eigenvalue weighted by Gasteiger charge is -2.28. The Hall–Kier alpha value is -10.2. The topological polar surface area (TPSA) is 513 Å². The molecule has 29 heteroatoms. The summed E-state index contributed by atoms with van der Waals surface area (Å²) in [7, 11) is 0. The number of hydrogen-bond donors (Lipinski definition) is 18. The highest BCUT2D eigenvalue weighted by molar-refractivity contribution is 5.98. The first-order valence-electron chi connectivity index (χ1n) is 34.2. The van der Waals surface area contributed by atoms with Gasteiger partial charge in [-0.05, 0) is 99.1 Å². The van der Waals surface area contributed by atoms with Crippen molar-refractivity contribution in [2.45, 2.75) is 190 Å². The third kappa shape index (κ3) is 26.1. The average molecular weight is 1350 g/mol. The predicted octanol–water partition coefficient (Wildman–Crippen LogP) is 2.25. The highest BCUT2D eigenvalue weighted by Crippen LogP contribution is 2.23. The van der Waals surface area contributed by atoms with Crippen LogP contribution in [0.3, 0.4) is 0 Å². The lowest BCUT2D eigenvalue weighted by molar-refractivity contribution is -0.135. The number of fused-ring (bicyclic) bond motifs is 3. The average Bonchev–Trinajstić information content (AvgIpc) is 1.51. The fraction of sp³-hybridized carbons (Fsp3) is 0.493. The SMILES string of the molecule is CCCCCCCCCCCC(=O)NCCCC[C@H](N)C(=O)N[C@@H](CCCN=C(N)N)C(=O)N[C@@H](Cc1c[nH]c2ccccc12)C(=O)N[C@@H](CCCN=C(N)N)C(=O)N[C@@H](Cc1c[nH]c2ccccc12)C(=O)N[C@@H](CCCN=C(N)N)C(=O)N[C@@H](Cc1c[nH]c2ccccc12)C(N)=O. The summed E-state index contributed by atoms with van der Waals surface area (Å²) in [6, 6.07) is 12.9. The van der Waals surface area contributed by atoms with Crippen LogP contribution in [0, 0.1) is 0 Å². The largest absolute Gasteiger partial charge is 0.370 e. The van der Waals surface area contributed by atoms with Gasteiger partial charge in [-0.15, -0.1) is 0 Å². The van der Waals surface area contributed by atoms with Crippen LogP contribution in [0.1, 0.15) is 146 Å². The number of nitrogens with zero attached hydrogens (tertiary/aromatic N) is 3. The summed E-state index contributed by atoms with van der Waals surface area (Å²) in [5.41, 5.74) is 50.5. The van der Waals surface area contributed by atoms with Crippen molar-refractivity contribution in [1.82, 2.24) is 52.2 Å². The second-order valence-electron chi connectivity index (χ2n) is 24.8. The van der Waals surface area contributed by atoms with E-state index >= 15 is 14.4 Å². The van der Waals surface area contributed by atoms with Crippen LogP contribution in [0.4, 0.5) is 0 Å². The number of unbranched alkanes of at least 4 members (excludes halogenated alkanes) is 9. The Labute approximate surface area is 571 Å². The maximum atomic E-state index is 15.2. The fourth-order valence-corrected chi connectivity index (χ4v) is 11.7. The summed E-state index contributed by atoms with van der Waals surface area (Å²) in [5.74, 6) is -6.06. The minimum atomic E-state index is -1.44. The molecular weight excluding hydrogens is 1250 g/mol. The highest BCUT2D eigenvalue weighted by atomic mass is 16.2. The molecule has 3 aromatic heterocycles. The number of hydrogen-bond acceptors (Lipinski definition) is 12. The molecule has 6 rings (SSSR count). The van der Waals surface area contributed by atoms with E-state index in [4.69, 9.17) is 45.9 Å². The van der Waals surface area contributed by atoms with Crippen molar-refractivity contribution in [3.63, 3.8) is 0 Å². The van der Waals surface area contributed by atoms with Crippen molar-refractivity contribution < 1.29 is 38.4 Å². The monoisotopic (exact) mass is 1350 g/mol. The Bertz CT molecular complexity index is 3640. The molecule has 0 saturated carbocycles. The van der Waals surface area contributed by atoms with Crippen LogP contribution in [0.15, 0.2) is 106 Å². The third-order valence-electron chi connectivity index (χ3n) is 17.1. The highest BCUT2D eigenvalue weighted by Gasteiger charge is 2.35. The minimum absolute atomic E-state index is 0.0122. The van der Waals surface area contributed by atoms with E-state index in [9.17, 15) is 24.0 Å². The molecule has 3 aromatic carbocycles. The minimum Gasteiger partial charge on any atom is -0.370 e. The van der Waals surface area contributed by atoms with Gasteiger partial charge >= 0.3 is 0 Å². The zero-order valence-electron chi connectivity index (χ0n) is 56.3. The van der Waals surface area contributed by atoms with Crippen LogP contribution in [-0.2, 0) is 57.6 Å². The molecule has 0 aliphatic rings. The van der Waals surface area contributed by atoms with Gasteiger partial charge in [0, 0.05) is 103 Å². The van der Waals surface area contributed by atoms with Gasteiger partial charge < -0.3 is 98.0 Å². The number of H-pyrrole nitrogens is 3. The Morgan fingerprint density at radius 1 is 0.388 bits per heavy atom. The summed E-state index contributed by atoms with van der Waals surface area (Å²) in [6.45, 7) is 2.82. The molecule has 0 radical (unpaired) electrons. The number of para-hydroxylation sites is 3. The number of amides is 8. The van der Waals surface area contributed by atoms with Gasteiger partial charge in [0.1, 0.15) is 36.3 Å². The molecule has 532 valence electrons. The first kappa shape index (κ1) is 76.8. The maximum Gasteiger partial charge on any atom is 0.243 e. The van der Waals surface area contributed by atoms with E-state index < -0.39 is 83.6 Å². The number of nitrogens with one attached hydrogen (secondary N) is 10. The van der Waals surface area contributed by atoms with Crippen LogP contribution in [0.25, 0.3) is 32.7 Å². The van der Waals surface area contributed by atoms with Gasteiger partial charge in [0.2, 0.25) is 47.3 Å². The van der Waals surface area contributed by atoms with Gasteiger partial charge in [-0.3, -0.25) is 53.3 Å². The molecule has 0 saturated heterocycles. The first-order valence-corrected chi connectivity index (χ1v) is 34.2. The van der Waals surface area contributed by atoms with Gasteiger partial charge in [0.25, 0.3) is 0 Å². The number of guanidine groups is 3. The summed E-state index contributed by atoms with van der Waals surface area (Å²) in [6.07, 6.45) is 17.4. The van der Waals surface area contributed by atoms with E-state index in [2.05, 4.69) is 74.1 Å². The van der Waals surface area contributed by atoms with Gasteiger partial charge in [-0.25, -0.2) is 0 Å². The van der Waals surface area contributed by atoms with Crippen molar-refractivity contribution in [3.8, 4) is 0 Å². The molecule has 0 spiro atoms. The number of aromatic nitrogens is 3. The van der Waals surface area contributed by atoms with Crippen molar-refractivity contribution in [3.05, 3.63) is 108 Å². The lowest BCUT2D eigenvalue weighted by atomic mass is 10.0. The molecule has 26 N–H and O–H groups in total. The quantitative estimate of drug-likeness (QED) is 0.0148. The molecule has 0 aliphatic heterocycles. The summed E-state index contributed by atoms with van der Waals surface area (Å²) in [5, 5.41) is 22.1. The third-order valence-corrected chi connectivity index (χ3v) is 17.1. The van der Waals surface area contributed by atoms with Gasteiger partial charge in [0.15, 0.2) is 17.9 Å². The number of carbonyl (C=O) groups excluding carboxylic acids is 8. The molecule has 6 aromatic rings. The summed E-state index contributed by atoms with van der Waals surface area (Å²) < 4.78 is 0. The van der Waals surface area contributed by atoms with Crippen LogP contribution in [0.2, 0.25) is 0 Å². The van der Waals surface area contributed by atoms with E-state index in [1.165, 1.54) is 38.5 Å². The number of rotatable bonds is 46.